The Labute approximate surface area is 110 Å². The van der Waals surface area contributed by atoms with Gasteiger partial charge in [-0.15, -0.1) is 0 Å². The lowest BCUT2D eigenvalue weighted by Crippen LogP contribution is -2.50. The van der Waals surface area contributed by atoms with Crippen LogP contribution in [0.2, 0.25) is 0 Å². The lowest BCUT2D eigenvalue weighted by molar-refractivity contribution is -0.123. The van der Waals surface area contributed by atoms with Crippen LogP contribution in [0.4, 0.5) is 0 Å². The zero-order valence-electron chi connectivity index (χ0n) is 11.6. The molecule has 1 atom stereocenters. The van der Waals surface area contributed by atoms with Crippen molar-refractivity contribution in [2.24, 2.45) is 0 Å². The summed E-state index contributed by atoms with van der Waals surface area (Å²) in [5.74, 6) is 0.217. The molecule has 0 bridgehead atoms. The van der Waals surface area contributed by atoms with Gasteiger partial charge in [-0.05, 0) is 38.8 Å². The second-order valence-electron chi connectivity index (χ2n) is 5.61. The highest BCUT2D eigenvalue weighted by Crippen LogP contribution is 2.17. The monoisotopic (exact) mass is 253 g/mol. The first-order chi connectivity index (χ1) is 8.79. The molecule has 1 aliphatic heterocycles. The van der Waals surface area contributed by atoms with Gasteiger partial charge in [0.25, 0.3) is 0 Å². The van der Waals surface area contributed by atoms with Crippen LogP contribution in [0.3, 0.4) is 0 Å². The van der Waals surface area contributed by atoms with Crippen molar-refractivity contribution >= 4 is 5.91 Å². The molecule has 1 amide bonds. The van der Waals surface area contributed by atoms with Crippen LogP contribution in [0.25, 0.3) is 0 Å². The van der Waals surface area contributed by atoms with Crippen LogP contribution in [0, 0.1) is 0 Å². The molecule has 2 rings (SSSR count). The van der Waals surface area contributed by atoms with Crippen LogP contribution in [-0.4, -0.2) is 49.1 Å². The number of likely N-dealkylation sites (N-methyl/N-ethyl adjacent to an activating group) is 1. The molecule has 104 valence electrons. The van der Waals surface area contributed by atoms with Crippen molar-refractivity contribution in [2.75, 3.05) is 26.2 Å². The minimum absolute atomic E-state index is 0.217. The molecule has 4 nitrogen and oxygen atoms in total. The molecule has 1 saturated carbocycles. The van der Waals surface area contributed by atoms with Gasteiger partial charge in [0.1, 0.15) is 0 Å². The van der Waals surface area contributed by atoms with Gasteiger partial charge in [-0.3, -0.25) is 9.69 Å². The average Bonchev–Trinajstić information content (AvgIpc) is 2.90. The number of carbonyl (C=O) groups excluding carboxylic acids is 1. The van der Waals surface area contributed by atoms with Crippen molar-refractivity contribution in [1.82, 2.24) is 15.5 Å². The molecule has 1 unspecified atom stereocenters. The average molecular weight is 253 g/mol. The molecule has 1 heterocycles. The first kappa shape index (κ1) is 13.8. The van der Waals surface area contributed by atoms with Gasteiger partial charge in [0.2, 0.25) is 5.91 Å². The summed E-state index contributed by atoms with van der Waals surface area (Å²) in [7, 11) is 0. The Balaban J connectivity index is 1.75. The summed E-state index contributed by atoms with van der Waals surface area (Å²) >= 11 is 0. The van der Waals surface area contributed by atoms with Gasteiger partial charge in [0, 0.05) is 18.6 Å². The minimum Gasteiger partial charge on any atom is -0.352 e. The van der Waals surface area contributed by atoms with Crippen LogP contribution < -0.4 is 10.6 Å². The van der Waals surface area contributed by atoms with Crippen molar-refractivity contribution in [3.05, 3.63) is 0 Å². The van der Waals surface area contributed by atoms with Gasteiger partial charge in [-0.1, -0.05) is 19.8 Å². The number of amides is 1. The van der Waals surface area contributed by atoms with Gasteiger partial charge in [0.05, 0.1) is 6.54 Å². The maximum atomic E-state index is 12.0. The predicted octanol–water partition coefficient (Wildman–Crippen LogP) is 1.12. The van der Waals surface area contributed by atoms with Crippen LogP contribution in [-0.2, 0) is 4.79 Å². The maximum Gasteiger partial charge on any atom is 0.234 e. The van der Waals surface area contributed by atoms with E-state index in [0.29, 0.717) is 18.6 Å². The van der Waals surface area contributed by atoms with E-state index in [0.717, 1.165) is 19.6 Å². The van der Waals surface area contributed by atoms with E-state index in [2.05, 4.69) is 22.5 Å². The van der Waals surface area contributed by atoms with Gasteiger partial charge < -0.3 is 10.6 Å². The summed E-state index contributed by atoms with van der Waals surface area (Å²) in [6.07, 6.45) is 7.33. The molecule has 1 aliphatic carbocycles. The minimum atomic E-state index is 0.217. The van der Waals surface area contributed by atoms with Crippen molar-refractivity contribution in [3.63, 3.8) is 0 Å². The van der Waals surface area contributed by atoms with Gasteiger partial charge in [-0.25, -0.2) is 0 Å². The smallest absolute Gasteiger partial charge is 0.234 e. The van der Waals surface area contributed by atoms with Crippen molar-refractivity contribution in [1.29, 1.82) is 0 Å². The predicted molar refractivity (Wildman–Crippen MR) is 73.5 cm³/mol. The van der Waals surface area contributed by atoms with Crippen LogP contribution in [0.15, 0.2) is 0 Å². The molecule has 0 spiro atoms. The summed E-state index contributed by atoms with van der Waals surface area (Å²) in [5, 5.41) is 6.60. The third kappa shape index (κ3) is 3.95. The molecule has 0 aromatic carbocycles. The molecule has 2 aliphatic rings. The standard InChI is InChI=1S/C14H27N3O/c1-2-17(13-8-5-9-15-10-13)11-14(18)16-12-6-3-4-7-12/h12-13,15H,2-11H2,1H3,(H,16,18). The second kappa shape index (κ2) is 7.10. The first-order valence-corrected chi connectivity index (χ1v) is 7.53. The highest BCUT2D eigenvalue weighted by atomic mass is 16.2. The van der Waals surface area contributed by atoms with Gasteiger partial charge in [-0.2, -0.15) is 0 Å². The molecule has 0 aromatic heterocycles. The Morgan fingerprint density at radius 1 is 1.28 bits per heavy atom. The third-order valence-electron chi connectivity index (χ3n) is 4.26. The summed E-state index contributed by atoms with van der Waals surface area (Å²) in [6, 6.07) is 0.985. The van der Waals surface area contributed by atoms with Crippen molar-refractivity contribution in [2.45, 2.75) is 57.5 Å². The van der Waals surface area contributed by atoms with E-state index in [9.17, 15) is 4.79 Å². The molecule has 2 fully saturated rings. The van der Waals surface area contributed by atoms with Crippen molar-refractivity contribution < 1.29 is 4.79 Å². The zero-order chi connectivity index (χ0) is 12.8. The number of carbonyl (C=O) groups is 1. The number of nitrogens with one attached hydrogen (secondary N) is 2. The van der Waals surface area contributed by atoms with Crippen LogP contribution in [0.1, 0.15) is 45.4 Å². The molecule has 2 N–H and O–H groups in total. The molecule has 18 heavy (non-hydrogen) atoms. The summed E-state index contributed by atoms with van der Waals surface area (Å²) in [4.78, 5) is 14.4. The van der Waals surface area contributed by atoms with Gasteiger partial charge >= 0.3 is 0 Å². The van der Waals surface area contributed by atoms with Crippen molar-refractivity contribution in [3.8, 4) is 0 Å². The Kier molecular flexibility index (Phi) is 5.45. The highest BCUT2D eigenvalue weighted by molar-refractivity contribution is 5.78. The van der Waals surface area contributed by atoms with E-state index in [-0.39, 0.29) is 5.91 Å². The zero-order valence-corrected chi connectivity index (χ0v) is 11.6. The number of hydrogen-bond acceptors (Lipinski definition) is 3. The normalized spacial score (nSPS) is 25.6. The quantitative estimate of drug-likeness (QED) is 0.772. The molecule has 0 aromatic rings. The lowest BCUT2D eigenvalue weighted by Gasteiger charge is -2.33. The second-order valence-corrected chi connectivity index (χ2v) is 5.61. The van der Waals surface area contributed by atoms with E-state index in [4.69, 9.17) is 0 Å². The Morgan fingerprint density at radius 3 is 2.67 bits per heavy atom. The van der Waals surface area contributed by atoms with E-state index >= 15 is 0 Å². The van der Waals surface area contributed by atoms with E-state index in [1.165, 1.54) is 38.5 Å². The summed E-state index contributed by atoms with van der Waals surface area (Å²) < 4.78 is 0. The topological polar surface area (TPSA) is 44.4 Å². The lowest BCUT2D eigenvalue weighted by atomic mass is 10.1. The Bertz CT molecular complexity index is 258. The molecular weight excluding hydrogens is 226 g/mol. The molecule has 1 saturated heterocycles. The number of hydrogen-bond donors (Lipinski definition) is 2. The largest absolute Gasteiger partial charge is 0.352 e. The fourth-order valence-corrected chi connectivity index (χ4v) is 3.17. The maximum absolute atomic E-state index is 12.0. The van der Waals surface area contributed by atoms with E-state index < -0.39 is 0 Å². The SMILES string of the molecule is CCN(CC(=O)NC1CCCC1)C1CCCNC1. The van der Waals surface area contributed by atoms with Gasteiger partial charge in [0.15, 0.2) is 0 Å². The van der Waals surface area contributed by atoms with E-state index in [1.54, 1.807) is 0 Å². The number of piperidine rings is 1. The van der Waals surface area contributed by atoms with E-state index in [1.807, 2.05) is 0 Å². The molecule has 4 heteroatoms. The summed E-state index contributed by atoms with van der Waals surface area (Å²) in [5.41, 5.74) is 0. The molecule has 0 radical (unpaired) electrons. The number of nitrogens with zero attached hydrogens (tertiary/aromatic N) is 1. The Hall–Kier alpha value is -0.610. The first-order valence-electron chi connectivity index (χ1n) is 7.53. The number of rotatable bonds is 5. The third-order valence-corrected chi connectivity index (χ3v) is 4.26. The van der Waals surface area contributed by atoms with Crippen LogP contribution in [0.5, 0.6) is 0 Å². The fraction of sp³-hybridized carbons (Fsp3) is 0.929. The molecular formula is C14H27N3O. The van der Waals surface area contributed by atoms with Crippen LogP contribution >= 0.6 is 0 Å². The fourth-order valence-electron chi connectivity index (χ4n) is 3.17. The Morgan fingerprint density at radius 2 is 2.06 bits per heavy atom. The highest BCUT2D eigenvalue weighted by Gasteiger charge is 2.23. The summed E-state index contributed by atoms with van der Waals surface area (Å²) in [6.45, 7) is 5.84.